The fraction of sp³-hybridized carbons (Fsp3) is 0.182. The van der Waals surface area contributed by atoms with Gasteiger partial charge in [0, 0.05) is 0 Å². The van der Waals surface area contributed by atoms with Crippen LogP contribution in [0.5, 0.6) is 0 Å². The molecule has 0 radical (unpaired) electrons. The molecular formula is C11H12ClN3O2S. The number of hydrogen-bond donors (Lipinski definition) is 1. The third-order valence-electron chi connectivity index (χ3n) is 2.48. The van der Waals surface area contributed by atoms with Crippen molar-refractivity contribution in [3.05, 3.63) is 41.0 Å². The van der Waals surface area contributed by atoms with E-state index in [2.05, 4.69) is 9.82 Å². The first-order chi connectivity index (χ1) is 8.45. The molecule has 0 aliphatic rings. The van der Waals surface area contributed by atoms with Crippen molar-refractivity contribution in [2.24, 2.45) is 0 Å². The second kappa shape index (κ2) is 4.72. The molecule has 0 atom stereocenters. The molecule has 0 amide bonds. The molecule has 0 saturated heterocycles. The standard InChI is InChI=1S/C11H12ClN3O2S/c1-8-3-4-10(9(12)7-8)15-11(5-6-14-15)18(16,17)13-2/h3-7,13H,1-2H3. The van der Waals surface area contributed by atoms with E-state index in [1.165, 1.54) is 24.0 Å². The van der Waals surface area contributed by atoms with Gasteiger partial charge in [-0.15, -0.1) is 0 Å². The Morgan fingerprint density at radius 1 is 1.33 bits per heavy atom. The monoisotopic (exact) mass is 285 g/mol. The second-order valence-corrected chi connectivity index (χ2v) is 5.98. The summed E-state index contributed by atoms with van der Waals surface area (Å²) in [5.41, 5.74) is 1.52. The maximum Gasteiger partial charge on any atom is 0.257 e. The van der Waals surface area contributed by atoms with Crippen LogP contribution in [0.3, 0.4) is 0 Å². The molecule has 2 aromatic rings. The number of rotatable bonds is 3. The fourth-order valence-electron chi connectivity index (χ4n) is 1.56. The number of sulfonamides is 1. The molecule has 0 aliphatic heterocycles. The van der Waals surface area contributed by atoms with Gasteiger partial charge in [0.25, 0.3) is 10.0 Å². The first kappa shape index (κ1) is 13.1. The Labute approximate surface area is 110 Å². The molecular weight excluding hydrogens is 274 g/mol. The normalized spacial score (nSPS) is 11.7. The fourth-order valence-corrected chi connectivity index (χ4v) is 2.70. The van der Waals surface area contributed by atoms with Crippen molar-refractivity contribution < 1.29 is 8.42 Å². The zero-order chi connectivity index (χ0) is 13.3. The highest BCUT2D eigenvalue weighted by atomic mass is 35.5. The minimum Gasteiger partial charge on any atom is -0.219 e. The molecule has 0 unspecified atom stereocenters. The quantitative estimate of drug-likeness (QED) is 0.934. The molecule has 2 rings (SSSR count). The first-order valence-electron chi connectivity index (χ1n) is 5.20. The maximum atomic E-state index is 11.8. The van der Waals surface area contributed by atoms with Gasteiger partial charge in [0.05, 0.1) is 16.9 Å². The molecule has 7 heteroatoms. The van der Waals surface area contributed by atoms with Crippen molar-refractivity contribution in [1.29, 1.82) is 0 Å². The highest BCUT2D eigenvalue weighted by molar-refractivity contribution is 7.89. The lowest BCUT2D eigenvalue weighted by atomic mass is 10.2. The Bertz CT molecular complexity index is 679. The van der Waals surface area contributed by atoms with Gasteiger partial charge in [-0.25, -0.2) is 17.8 Å². The van der Waals surface area contributed by atoms with Crippen LogP contribution in [0.25, 0.3) is 5.69 Å². The average molecular weight is 286 g/mol. The second-order valence-electron chi connectivity index (χ2n) is 3.74. The van der Waals surface area contributed by atoms with Crippen molar-refractivity contribution in [3.8, 4) is 5.69 Å². The van der Waals surface area contributed by atoms with Gasteiger partial charge in [-0.05, 0) is 37.7 Å². The summed E-state index contributed by atoms with van der Waals surface area (Å²) in [6, 6.07) is 6.76. The third kappa shape index (κ3) is 2.27. The van der Waals surface area contributed by atoms with Crippen molar-refractivity contribution >= 4 is 21.6 Å². The Hall–Kier alpha value is -1.37. The molecule has 1 aromatic carbocycles. The van der Waals surface area contributed by atoms with Gasteiger partial charge in [-0.2, -0.15) is 5.10 Å². The largest absolute Gasteiger partial charge is 0.257 e. The molecule has 1 aromatic heterocycles. The number of hydrogen-bond acceptors (Lipinski definition) is 3. The topological polar surface area (TPSA) is 64.0 Å². The van der Waals surface area contributed by atoms with Gasteiger partial charge >= 0.3 is 0 Å². The summed E-state index contributed by atoms with van der Waals surface area (Å²) >= 11 is 6.11. The minimum atomic E-state index is -3.57. The first-order valence-corrected chi connectivity index (χ1v) is 7.06. The molecule has 1 heterocycles. The van der Waals surface area contributed by atoms with E-state index in [4.69, 9.17) is 11.6 Å². The number of halogens is 1. The minimum absolute atomic E-state index is 0.0516. The van der Waals surface area contributed by atoms with Gasteiger partial charge in [0.1, 0.15) is 0 Å². The Morgan fingerprint density at radius 2 is 2.06 bits per heavy atom. The number of benzene rings is 1. The summed E-state index contributed by atoms with van der Waals surface area (Å²) < 4.78 is 27.2. The molecule has 96 valence electrons. The summed E-state index contributed by atoms with van der Waals surface area (Å²) in [5.74, 6) is 0. The smallest absolute Gasteiger partial charge is 0.219 e. The van der Waals surface area contributed by atoms with Crippen LogP contribution in [0, 0.1) is 6.92 Å². The van der Waals surface area contributed by atoms with E-state index in [0.29, 0.717) is 10.7 Å². The van der Waals surface area contributed by atoms with E-state index < -0.39 is 10.0 Å². The summed E-state index contributed by atoms with van der Waals surface area (Å²) in [6.45, 7) is 1.91. The van der Waals surface area contributed by atoms with Crippen molar-refractivity contribution in [3.63, 3.8) is 0 Å². The molecule has 0 aliphatic carbocycles. The van der Waals surface area contributed by atoms with E-state index >= 15 is 0 Å². The van der Waals surface area contributed by atoms with Crippen LogP contribution >= 0.6 is 11.6 Å². The van der Waals surface area contributed by atoms with E-state index in [-0.39, 0.29) is 5.03 Å². The van der Waals surface area contributed by atoms with Gasteiger partial charge in [0.15, 0.2) is 5.03 Å². The van der Waals surface area contributed by atoms with E-state index in [9.17, 15) is 8.42 Å². The van der Waals surface area contributed by atoms with Crippen molar-refractivity contribution in [2.45, 2.75) is 11.9 Å². The summed E-state index contributed by atoms with van der Waals surface area (Å²) in [4.78, 5) is 0. The van der Waals surface area contributed by atoms with Crippen LogP contribution in [0.1, 0.15) is 5.56 Å². The molecule has 0 bridgehead atoms. The number of nitrogens with one attached hydrogen (secondary N) is 1. The van der Waals surface area contributed by atoms with Crippen LogP contribution in [0.15, 0.2) is 35.5 Å². The van der Waals surface area contributed by atoms with Crippen LogP contribution in [-0.2, 0) is 10.0 Å². The highest BCUT2D eigenvalue weighted by Gasteiger charge is 2.19. The molecule has 1 N–H and O–H groups in total. The van der Waals surface area contributed by atoms with Crippen LogP contribution in [0.4, 0.5) is 0 Å². The number of aryl methyl sites for hydroxylation is 1. The number of nitrogens with zero attached hydrogens (tertiary/aromatic N) is 2. The molecule has 0 fully saturated rings. The summed E-state index contributed by atoms with van der Waals surface area (Å²) in [7, 11) is -2.22. The predicted octanol–water partition coefficient (Wildman–Crippen LogP) is 1.74. The molecule has 0 spiro atoms. The van der Waals surface area contributed by atoms with Crippen LogP contribution < -0.4 is 4.72 Å². The van der Waals surface area contributed by atoms with Gasteiger partial charge in [-0.3, -0.25) is 0 Å². The summed E-state index contributed by atoms with van der Waals surface area (Å²) in [5, 5.41) is 4.51. The van der Waals surface area contributed by atoms with E-state index in [0.717, 1.165) is 5.56 Å². The van der Waals surface area contributed by atoms with E-state index in [1.54, 1.807) is 12.1 Å². The lowest BCUT2D eigenvalue weighted by molar-refractivity contribution is 0.578. The van der Waals surface area contributed by atoms with Gasteiger partial charge < -0.3 is 0 Å². The van der Waals surface area contributed by atoms with E-state index in [1.807, 2.05) is 13.0 Å². The van der Waals surface area contributed by atoms with Crippen LogP contribution in [0.2, 0.25) is 5.02 Å². The van der Waals surface area contributed by atoms with Gasteiger partial charge in [-0.1, -0.05) is 17.7 Å². The molecule has 5 nitrogen and oxygen atoms in total. The van der Waals surface area contributed by atoms with Crippen molar-refractivity contribution in [2.75, 3.05) is 7.05 Å². The molecule has 18 heavy (non-hydrogen) atoms. The maximum absolute atomic E-state index is 11.8. The SMILES string of the molecule is CNS(=O)(=O)c1ccnn1-c1ccc(C)cc1Cl. The van der Waals surface area contributed by atoms with Crippen LogP contribution in [-0.4, -0.2) is 25.2 Å². The third-order valence-corrected chi connectivity index (χ3v) is 4.18. The zero-order valence-electron chi connectivity index (χ0n) is 9.88. The Morgan fingerprint density at radius 3 is 2.67 bits per heavy atom. The highest BCUT2D eigenvalue weighted by Crippen LogP contribution is 2.23. The zero-order valence-corrected chi connectivity index (χ0v) is 11.5. The lowest BCUT2D eigenvalue weighted by Crippen LogP contribution is -2.22. The lowest BCUT2D eigenvalue weighted by Gasteiger charge is -2.09. The number of aromatic nitrogens is 2. The predicted molar refractivity (Wildman–Crippen MR) is 69.6 cm³/mol. The Kier molecular flexibility index (Phi) is 3.43. The Balaban J connectivity index is 2.63. The average Bonchev–Trinajstić information content (AvgIpc) is 2.78. The molecule has 0 saturated carbocycles. The summed E-state index contributed by atoms with van der Waals surface area (Å²) in [6.07, 6.45) is 1.42. The van der Waals surface area contributed by atoms with Gasteiger partial charge in [0.2, 0.25) is 0 Å². The van der Waals surface area contributed by atoms with Crippen molar-refractivity contribution in [1.82, 2.24) is 14.5 Å².